The van der Waals surface area contributed by atoms with Crippen LogP contribution in [0.15, 0.2) is 18.7 Å². The molecule has 2 N–H and O–H groups in total. The Morgan fingerprint density at radius 3 is 3.00 bits per heavy atom. The first kappa shape index (κ1) is 10.8. The zero-order valence-corrected chi connectivity index (χ0v) is 9.51. The lowest BCUT2D eigenvalue weighted by atomic mass is 10.1. The number of aromatic amines is 1. The van der Waals surface area contributed by atoms with Crippen molar-refractivity contribution in [3.8, 4) is 0 Å². The van der Waals surface area contributed by atoms with Crippen LogP contribution in [-0.4, -0.2) is 32.0 Å². The Morgan fingerprint density at radius 2 is 2.44 bits per heavy atom. The number of hydrogen-bond acceptors (Lipinski definition) is 4. The minimum atomic E-state index is 0.150. The predicted molar refractivity (Wildman–Crippen MR) is 59.8 cm³/mol. The topological polar surface area (TPSA) is 71.4 Å². The van der Waals surface area contributed by atoms with E-state index >= 15 is 0 Å². The summed E-state index contributed by atoms with van der Waals surface area (Å²) < 4.78 is 1.92. The maximum atomic E-state index is 4.25. The number of nitrogens with one attached hydrogen (secondary N) is 2. The Bertz CT molecular complexity index is 418. The minimum absolute atomic E-state index is 0.150. The largest absolute Gasteiger partial charge is 0.310 e. The van der Waals surface area contributed by atoms with Crippen molar-refractivity contribution in [2.45, 2.75) is 25.9 Å². The molecule has 0 bridgehead atoms. The molecule has 6 nitrogen and oxygen atoms in total. The number of rotatable bonds is 5. The molecule has 2 rings (SSSR count). The van der Waals surface area contributed by atoms with Crippen molar-refractivity contribution in [2.75, 3.05) is 7.05 Å². The number of aromatic nitrogens is 5. The van der Waals surface area contributed by atoms with Crippen LogP contribution in [0.5, 0.6) is 0 Å². The van der Waals surface area contributed by atoms with Gasteiger partial charge in [-0.3, -0.25) is 9.78 Å². The molecule has 0 amide bonds. The first-order valence-electron chi connectivity index (χ1n) is 5.37. The Kier molecular flexibility index (Phi) is 3.31. The molecule has 1 atom stereocenters. The second-order valence-corrected chi connectivity index (χ2v) is 3.62. The van der Waals surface area contributed by atoms with Gasteiger partial charge < -0.3 is 5.32 Å². The number of hydrogen-bond donors (Lipinski definition) is 2. The summed E-state index contributed by atoms with van der Waals surface area (Å²) in [7, 11) is 1.91. The fraction of sp³-hybridized carbons (Fsp3) is 0.500. The molecule has 0 saturated carbocycles. The lowest BCUT2D eigenvalue weighted by molar-refractivity contribution is 0.559. The van der Waals surface area contributed by atoms with E-state index in [4.69, 9.17) is 0 Å². The van der Waals surface area contributed by atoms with Gasteiger partial charge in [0.1, 0.15) is 12.2 Å². The van der Waals surface area contributed by atoms with Crippen molar-refractivity contribution in [3.63, 3.8) is 0 Å². The highest BCUT2D eigenvalue weighted by Gasteiger charge is 2.13. The monoisotopic (exact) mass is 220 g/mol. The summed E-state index contributed by atoms with van der Waals surface area (Å²) in [6.07, 6.45) is 6.33. The van der Waals surface area contributed by atoms with E-state index in [0.717, 1.165) is 18.8 Å². The van der Waals surface area contributed by atoms with E-state index < -0.39 is 0 Å². The number of likely N-dealkylation sites (N-methyl/N-ethyl adjacent to an activating group) is 1. The molecule has 1 unspecified atom stereocenters. The molecule has 86 valence electrons. The summed E-state index contributed by atoms with van der Waals surface area (Å²) >= 11 is 0. The van der Waals surface area contributed by atoms with Crippen LogP contribution in [-0.2, 0) is 13.0 Å². The van der Waals surface area contributed by atoms with Gasteiger partial charge in [0.2, 0.25) is 0 Å². The Hall–Kier alpha value is -1.69. The van der Waals surface area contributed by atoms with E-state index in [1.165, 1.54) is 11.9 Å². The Morgan fingerprint density at radius 1 is 1.56 bits per heavy atom. The lowest BCUT2D eigenvalue weighted by Crippen LogP contribution is -2.20. The smallest absolute Gasteiger partial charge is 0.141 e. The minimum Gasteiger partial charge on any atom is -0.310 e. The molecule has 2 aromatic rings. The van der Waals surface area contributed by atoms with Crippen molar-refractivity contribution in [1.29, 1.82) is 0 Å². The summed E-state index contributed by atoms with van der Waals surface area (Å²) in [4.78, 5) is 4.15. The average molecular weight is 220 g/mol. The van der Waals surface area contributed by atoms with Gasteiger partial charge in [0, 0.05) is 12.7 Å². The van der Waals surface area contributed by atoms with Crippen molar-refractivity contribution in [2.24, 2.45) is 0 Å². The number of H-pyrrole nitrogens is 1. The molecule has 0 aromatic carbocycles. The van der Waals surface area contributed by atoms with Gasteiger partial charge in [-0.15, -0.1) is 0 Å². The standard InChI is InChI=1S/C10H16N6/c1-3-16-6-8(5-14-16)4-9(11-2)10-12-7-13-15-10/h5-7,9,11H,3-4H2,1-2H3,(H,12,13,15). The summed E-state index contributed by atoms with van der Waals surface area (Å²) in [5, 5.41) is 14.2. The Labute approximate surface area is 94.1 Å². The van der Waals surface area contributed by atoms with Gasteiger partial charge in [-0.2, -0.15) is 10.2 Å². The van der Waals surface area contributed by atoms with Crippen LogP contribution in [0.3, 0.4) is 0 Å². The first-order chi connectivity index (χ1) is 7.83. The summed E-state index contributed by atoms with van der Waals surface area (Å²) in [5.41, 5.74) is 1.19. The van der Waals surface area contributed by atoms with Gasteiger partial charge in [-0.1, -0.05) is 0 Å². The third kappa shape index (κ3) is 2.27. The molecule has 0 fully saturated rings. The molecule has 0 aliphatic rings. The third-order valence-electron chi connectivity index (χ3n) is 2.56. The number of nitrogens with zero attached hydrogens (tertiary/aromatic N) is 4. The van der Waals surface area contributed by atoms with Gasteiger partial charge in [-0.25, -0.2) is 4.98 Å². The number of aryl methyl sites for hydroxylation is 1. The summed E-state index contributed by atoms with van der Waals surface area (Å²) in [5.74, 6) is 0.853. The molecular formula is C10H16N6. The molecule has 2 heterocycles. The van der Waals surface area contributed by atoms with E-state index in [9.17, 15) is 0 Å². The van der Waals surface area contributed by atoms with Crippen LogP contribution < -0.4 is 5.32 Å². The molecule has 0 spiro atoms. The van der Waals surface area contributed by atoms with Gasteiger partial charge >= 0.3 is 0 Å². The molecule has 0 aliphatic carbocycles. The first-order valence-corrected chi connectivity index (χ1v) is 5.37. The second-order valence-electron chi connectivity index (χ2n) is 3.62. The van der Waals surface area contributed by atoms with Crippen molar-refractivity contribution < 1.29 is 0 Å². The fourth-order valence-corrected chi connectivity index (χ4v) is 1.64. The van der Waals surface area contributed by atoms with E-state index in [1.54, 1.807) is 0 Å². The molecule has 0 aliphatic heterocycles. The van der Waals surface area contributed by atoms with Crippen LogP contribution in [0.2, 0.25) is 0 Å². The van der Waals surface area contributed by atoms with Gasteiger partial charge in [0.25, 0.3) is 0 Å². The van der Waals surface area contributed by atoms with E-state index in [2.05, 4.69) is 38.7 Å². The molecule has 6 heteroatoms. The molecular weight excluding hydrogens is 204 g/mol. The molecule has 2 aromatic heterocycles. The van der Waals surface area contributed by atoms with Crippen molar-refractivity contribution in [3.05, 3.63) is 30.1 Å². The zero-order valence-electron chi connectivity index (χ0n) is 9.51. The summed E-state index contributed by atoms with van der Waals surface area (Å²) in [6, 6.07) is 0.150. The average Bonchev–Trinajstić information content (AvgIpc) is 2.96. The lowest BCUT2D eigenvalue weighted by Gasteiger charge is -2.11. The van der Waals surface area contributed by atoms with Crippen LogP contribution in [0.25, 0.3) is 0 Å². The highest BCUT2D eigenvalue weighted by Crippen LogP contribution is 2.13. The SMILES string of the molecule is CCn1cc(CC(NC)c2ncn[nH]2)cn1. The predicted octanol–water partition coefficient (Wildman–Crippen LogP) is 0.524. The van der Waals surface area contributed by atoms with Crippen LogP contribution in [0, 0.1) is 0 Å². The summed E-state index contributed by atoms with van der Waals surface area (Å²) in [6.45, 7) is 2.97. The van der Waals surface area contributed by atoms with E-state index in [1.807, 2.05) is 17.9 Å². The second kappa shape index (κ2) is 4.89. The van der Waals surface area contributed by atoms with E-state index in [0.29, 0.717) is 0 Å². The van der Waals surface area contributed by atoms with Gasteiger partial charge in [0.05, 0.1) is 12.2 Å². The van der Waals surface area contributed by atoms with Crippen LogP contribution in [0.4, 0.5) is 0 Å². The maximum absolute atomic E-state index is 4.25. The third-order valence-corrected chi connectivity index (χ3v) is 2.56. The van der Waals surface area contributed by atoms with Crippen molar-refractivity contribution >= 4 is 0 Å². The van der Waals surface area contributed by atoms with Gasteiger partial charge in [0.15, 0.2) is 0 Å². The molecule has 0 saturated heterocycles. The quantitative estimate of drug-likeness (QED) is 0.770. The molecule has 16 heavy (non-hydrogen) atoms. The zero-order chi connectivity index (χ0) is 11.4. The van der Waals surface area contributed by atoms with Crippen LogP contribution >= 0.6 is 0 Å². The normalized spacial score (nSPS) is 12.9. The highest BCUT2D eigenvalue weighted by molar-refractivity contribution is 5.09. The maximum Gasteiger partial charge on any atom is 0.141 e. The fourth-order valence-electron chi connectivity index (χ4n) is 1.64. The van der Waals surface area contributed by atoms with Crippen LogP contribution in [0.1, 0.15) is 24.4 Å². The Balaban J connectivity index is 2.07. The molecule has 0 radical (unpaired) electrons. The van der Waals surface area contributed by atoms with Crippen molar-refractivity contribution in [1.82, 2.24) is 30.3 Å². The highest BCUT2D eigenvalue weighted by atomic mass is 15.3. The van der Waals surface area contributed by atoms with E-state index in [-0.39, 0.29) is 6.04 Å². The van der Waals surface area contributed by atoms with Gasteiger partial charge in [-0.05, 0) is 26.0 Å².